The highest BCUT2D eigenvalue weighted by atomic mass is 16.4. The van der Waals surface area contributed by atoms with Crippen molar-refractivity contribution in [2.75, 3.05) is 19.6 Å². The number of nitrogens with zero attached hydrogens (tertiary/aromatic N) is 2. The molecule has 0 aliphatic carbocycles. The van der Waals surface area contributed by atoms with Crippen LogP contribution in [-0.4, -0.2) is 52.6 Å². The predicted octanol–water partition coefficient (Wildman–Crippen LogP) is 2.56. The molecule has 5 nitrogen and oxygen atoms in total. The molecule has 0 spiro atoms. The van der Waals surface area contributed by atoms with Gasteiger partial charge in [0.05, 0.1) is 5.92 Å². The highest BCUT2D eigenvalue weighted by molar-refractivity contribution is 5.76. The Balaban J connectivity index is 1.92. The monoisotopic (exact) mass is 282 g/mol. The molecule has 2 saturated heterocycles. The number of likely N-dealkylation sites (tertiary alicyclic amines) is 2. The first-order valence-electron chi connectivity index (χ1n) is 7.88. The standard InChI is InChI=1S/C15H26N2O3/c1-12-11-13(14(18)19)7-10-17(12)15(20)16-8-5-3-2-4-6-9-16/h12-13H,2-11H2,1H3,(H,18,19). The highest BCUT2D eigenvalue weighted by Crippen LogP contribution is 2.24. The van der Waals surface area contributed by atoms with Crippen LogP contribution in [-0.2, 0) is 4.79 Å². The van der Waals surface area contributed by atoms with Crippen LogP contribution < -0.4 is 0 Å². The molecule has 114 valence electrons. The van der Waals surface area contributed by atoms with Crippen LogP contribution in [0.3, 0.4) is 0 Å². The van der Waals surface area contributed by atoms with Crippen molar-refractivity contribution in [1.29, 1.82) is 0 Å². The summed E-state index contributed by atoms with van der Waals surface area (Å²) in [6.45, 7) is 4.25. The molecule has 2 amide bonds. The maximum Gasteiger partial charge on any atom is 0.320 e. The second-order valence-electron chi connectivity index (χ2n) is 6.14. The lowest BCUT2D eigenvalue weighted by Gasteiger charge is -2.39. The fourth-order valence-electron chi connectivity index (χ4n) is 3.30. The van der Waals surface area contributed by atoms with Gasteiger partial charge in [-0.2, -0.15) is 0 Å². The Kier molecular flexibility index (Phi) is 5.26. The van der Waals surface area contributed by atoms with E-state index < -0.39 is 5.97 Å². The van der Waals surface area contributed by atoms with Crippen molar-refractivity contribution in [2.24, 2.45) is 5.92 Å². The molecule has 2 rings (SSSR count). The van der Waals surface area contributed by atoms with Crippen LogP contribution in [0.15, 0.2) is 0 Å². The second-order valence-corrected chi connectivity index (χ2v) is 6.14. The molecular weight excluding hydrogens is 256 g/mol. The van der Waals surface area contributed by atoms with Crippen LogP contribution in [0, 0.1) is 5.92 Å². The van der Waals surface area contributed by atoms with Gasteiger partial charge >= 0.3 is 12.0 Å². The number of amides is 2. The number of hydrogen-bond donors (Lipinski definition) is 1. The van der Waals surface area contributed by atoms with E-state index in [0.717, 1.165) is 25.9 Å². The van der Waals surface area contributed by atoms with Crippen LogP contribution >= 0.6 is 0 Å². The van der Waals surface area contributed by atoms with Crippen molar-refractivity contribution < 1.29 is 14.7 Å². The van der Waals surface area contributed by atoms with Gasteiger partial charge < -0.3 is 14.9 Å². The van der Waals surface area contributed by atoms with Gasteiger partial charge in [-0.25, -0.2) is 4.79 Å². The SMILES string of the molecule is CC1CC(C(=O)O)CCN1C(=O)N1CCCCCCC1. The summed E-state index contributed by atoms with van der Waals surface area (Å²) in [5.41, 5.74) is 0. The summed E-state index contributed by atoms with van der Waals surface area (Å²) in [5.74, 6) is -1.02. The number of rotatable bonds is 1. The number of carboxylic acids is 1. The molecule has 1 N–H and O–H groups in total. The molecule has 0 radical (unpaired) electrons. The topological polar surface area (TPSA) is 60.9 Å². The molecule has 2 fully saturated rings. The van der Waals surface area contributed by atoms with E-state index in [-0.39, 0.29) is 18.0 Å². The number of aliphatic carboxylic acids is 1. The summed E-state index contributed by atoms with van der Waals surface area (Å²) in [6.07, 6.45) is 7.04. The lowest BCUT2D eigenvalue weighted by atomic mass is 9.92. The van der Waals surface area contributed by atoms with Crippen molar-refractivity contribution in [1.82, 2.24) is 9.80 Å². The van der Waals surface area contributed by atoms with E-state index in [9.17, 15) is 9.59 Å². The zero-order valence-electron chi connectivity index (χ0n) is 12.4. The normalized spacial score (nSPS) is 28.6. The molecule has 2 aliphatic rings. The van der Waals surface area contributed by atoms with E-state index in [1.165, 1.54) is 19.3 Å². The van der Waals surface area contributed by atoms with Gasteiger partial charge in [-0.1, -0.05) is 19.3 Å². The largest absolute Gasteiger partial charge is 0.481 e. The minimum absolute atomic E-state index is 0.0304. The molecule has 0 aromatic heterocycles. The summed E-state index contributed by atoms with van der Waals surface area (Å²) in [7, 11) is 0. The number of carbonyl (C=O) groups excluding carboxylic acids is 1. The van der Waals surface area contributed by atoms with Gasteiger partial charge in [-0.05, 0) is 32.6 Å². The van der Waals surface area contributed by atoms with Gasteiger partial charge in [-0.15, -0.1) is 0 Å². The zero-order chi connectivity index (χ0) is 14.5. The van der Waals surface area contributed by atoms with Gasteiger partial charge in [0.25, 0.3) is 0 Å². The first-order chi connectivity index (χ1) is 9.59. The smallest absolute Gasteiger partial charge is 0.320 e. The summed E-state index contributed by atoms with van der Waals surface area (Å²) in [4.78, 5) is 27.5. The summed E-state index contributed by atoms with van der Waals surface area (Å²) in [6, 6.07) is 0.144. The van der Waals surface area contributed by atoms with Crippen molar-refractivity contribution in [3.05, 3.63) is 0 Å². The van der Waals surface area contributed by atoms with E-state index in [2.05, 4.69) is 0 Å². The van der Waals surface area contributed by atoms with Gasteiger partial charge in [-0.3, -0.25) is 4.79 Å². The molecule has 2 aliphatic heterocycles. The first-order valence-corrected chi connectivity index (χ1v) is 7.88. The maximum absolute atomic E-state index is 12.6. The van der Waals surface area contributed by atoms with Crippen LogP contribution in [0.4, 0.5) is 4.79 Å². The Bertz CT molecular complexity index is 351. The number of hydrogen-bond acceptors (Lipinski definition) is 2. The van der Waals surface area contributed by atoms with Gasteiger partial charge in [0.1, 0.15) is 0 Å². The van der Waals surface area contributed by atoms with E-state index in [1.54, 1.807) is 0 Å². The maximum atomic E-state index is 12.6. The van der Waals surface area contributed by atoms with Crippen molar-refractivity contribution >= 4 is 12.0 Å². The summed E-state index contributed by atoms with van der Waals surface area (Å²) >= 11 is 0. The molecular formula is C15H26N2O3. The fraction of sp³-hybridized carbons (Fsp3) is 0.867. The quantitative estimate of drug-likeness (QED) is 0.804. The molecule has 0 bridgehead atoms. The van der Waals surface area contributed by atoms with E-state index in [4.69, 9.17) is 5.11 Å². The molecule has 2 heterocycles. The average Bonchev–Trinajstić information content (AvgIpc) is 2.37. The molecule has 0 saturated carbocycles. The minimum atomic E-state index is -0.727. The first kappa shape index (κ1) is 15.1. The van der Waals surface area contributed by atoms with Crippen LogP contribution in [0.1, 0.15) is 51.9 Å². The summed E-state index contributed by atoms with van der Waals surface area (Å²) < 4.78 is 0. The Morgan fingerprint density at radius 2 is 1.60 bits per heavy atom. The van der Waals surface area contributed by atoms with Crippen LogP contribution in [0.5, 0.6) is 0 Å². The highest BCUT2D eigenvalue weighted by Gasteiger charge is 2.34. The molecule has 0 aromatic rings. The lowest BCUT2D eigenvalue weighted by molar-refractivity contribution is -0.143. The molecule has 2 unspecified atom stereocenters. The van der Waals surface area contributed by atoms with Crippen molar-refractivity contribution in [3.63, 3.8) is 0 Å². The Hall–Kier alpha value is -1.26. The van der Waals surface area contributed by atoms with Gasteiger partial charge in [0.2, 0.25) is 0 Å². The third kappa shape index (κ3) is 3.64. The van der Waals surface area contributed by atoms with Gasteiger partial charge in [0.15, 0.2) is 0 Å². The number of urea groups is 1. The third-order valence-corrected chi connectivity index (χ3v) is 4.60. The Morgan fingerprint density at radius 3 is 2.15 bits per heavy atom. The minimum Gasteiger partial charge on any atom is -0.481 e. The van der Waals surface area contributed by atoms with E-state index >= 15 is 0 Å². The number of carbonyl (C=O) groups is 2. The lowest BCUT2D eigenvalue weighted by Crippen LogP contribution is -2.52. The molecule has 0 aromatic carbocycles. The fourth-order valence-corrected chi connectivity index (χ4v) is 3.30. The van der Waals surface area contributed by atoms with Crippen LogP contribution in [0.25, 0.3) is 0 Å². The molecule has 5 heteroatoms. The summed E-state index contributed by atoms with van der Waals surface area (Å²) in [5, 5.41) is 9.08. The van der Waals surface area contributed by atoms with Crippen molar-refractivity contribution in [2.45, 2.75) is 57.9 Å². The predicted molar refractivity (Wildman–Crippen MR) is 76.6 cm³/mol. The number of piperidine rings is 1. The van der Waals surface area contributed by atoms with Gasteiger partial charge in [0, 0.05) is 25.7 Å². The molecule has 20 heavy (non-hydrogen) atoms. The zero-order valence-corrected chi connectivity index (χ0v) is 12.4. The van der Waals surface area contributed by atoms with E-state index in [0.29, 0.717) is 19.4 Å². The second kappa shape index (κ2) is 6.95. The van der Waals surface area contributed by atoms with E-state index in [1.807, 2.05) is 16.7 Å². The Labute approximate surface area is 120 Å². The number of carboxylic acid groups (broad SMARTS) is 1. The average molecular weight is 282 g/mol. The van der Waals surface area contributed by atoms with Crippen molar-refractivity contribution in [3.8, 4) is 0 Å². The Morgan fingerprint density at radius 1 is 1.00 bits per heavy atom. The van der Waals surface area contributed by atoms with Crippen LogP contribution in [0.2, 0.25) is 0 Å². The molecule has 2 atom stereocenters. The third-order valence-electron chi connectivity index (χ3n) is 4.60.